The van der Waals surface area contributed by atoms with Gasteiger partial charge in [-0.15, -0.1) is 0 Å². The van der Waals surface area contributed by atoms with Gasteiger partial charge in [0.05, 0.1) is 11.4 Å². The van der Waals surface area contributed by atoms with E-state index in [4.69, 9.17) is 4.84 Å². The second kappa shape index (κ2) is 9.23. The highest BCUT2D eigenvalue weighted by molar-refractivity contribution is 6.71. The van der Waals surface area contributed by atoms with Gasteiger partial charge in [-0.05, 0) is 19.1 Å². The number of aromatic nitrogens is 1. The summed E-state index contributed by atoms with van der Waals surface area (Å²) in [5.41, 5.74) is 2.04. The van der Waals surface area contributed by atoms with Crippen molar-refractivity contribution >= 4 is 34.7 Å². The van der Waals surface area contributed by atoms with Crippen LogP contribution < -0.4 is 31.5 Å². The van der Waals surface area contributed by atoms with Crippen molar-refractivity contribution in [3.05, 3.63) is 54.9 Å². The molecule has 0 unspecified atom stereocenters. The smallest absolute Gasteiger partial charge is 0.399 e. The van der Waals surface area contributed by atoms with Crippen molar-refractivity contribution in [2.75, 3.05) is 24.0 Å². The molecule has 2 aromatic rings. The van der Waals surface area contributed by atoms with E-state index in [1.165, 1.54) is 5.01 Å². The third-order valence-electron chi connectivity index (χ3n) is 3.93. The number of hydrogen-bond acceptors (Lipinski definition) is 6. The first-order valence-corrected chi connectivity index (χ1v) is 8.35. The van der Waals surface area contributed by atoms with E-state index in [1.807, 2.05) is 37.2 Å². The van der Waals surface area contributed by atoms with Crippen LogP contribution in [0.3, 0.4) is 0 Å². The maximum Gasteiger partial charge on any atom is 0.399 e. The maximum atomic E-state index is 12.5. The van der Waals surface area contributed by atoms with Crippen molar-refractivity contribution < 1.29 is 36.0 Å². The lowest BCUT2D eigenvalue weighted by Crippen LogP contribution is -3.00. The van der Waals surface area contributed by atoms with Gasteiger partial charge in [0.15, 0.2) is 18.1 Å². The molecule has 0 saturated carbocycles. The number of oxime groups is 1. The summed E-state index contributed by atoms with van der Waals surface area (Å²) in [5, 5.41) is 9.14. The van der Waals surface area contributed by atoms with Crippen molar-refractivity contribution in [3.63, 3.8) is 0 Å². The molecule has 0 spiro atoms. The predicted octanol–water partition coefficient (Wildman–Crippen LogP) is -1.63. The van der Waals surface area contributed by atoms with Crippen LogP contribution in [0.2, 0.25) is 0 Å². The molecule has 0 aliphatic carbocycles. The van der Waals surface area contributed by atoms with E-state index in [2.05, 4.69) is 10.3 Å². The number of amides is 1. The topological polar surface area (TPSA) is 78.5 Å². The van der Waals surface area contributed by atoms with Gasteiger partial charge >= 0.3 is 11.9 Å². The minimum Gasteiger partial charge on any atom is -1.00 e. The average molecular weight is 446 g/mol. The van der Waals surface area contributed by atoms with E-state index in [0.717, 1.165) is 5.69 Å². The standard InChI is InChI=1S/C19H20N5O3.BrH/c1-14-18(19(26)24(20-14)16-7-5-4-6-8-16)21-27-17(25)13-23-11-9-15(10-12-23)22(2)3;/h4-12H,13H2,1-3H3;1H/q+1;/p-1. The number of para-hydroxylation sites is 1. The molecule has 0 radical (unpaired) electrons. The lowest BCUT2D eigenvalue weighted by molar-refractivity contribution is -0.685. The number of halogens is 1. The molecule has 0 atom stereocenters. The van der Waals surface area contributed by atoms with E-state index in [0.29, 0.717) is 11.4 Å². The van der Waals surface area contributed by atoms with E-state index >= 15 is 0 Å². The quantitative estimate of drug-likeness (QED) is 0.314. The largest absolute Gasteiger partial charge is 1.00 e. The second-order valence-corrected chi connectivity index (χ2v) is 6.16. The molecule has 1 aliphatic rings. The monoisotopic (exact) mass is 445 g/mol. The lowest BCUT2D eigenvalue weighted by Gasteiger charge is -2.10. The van der Waals surface area contributed by atoms with Crippen LogP contribution in [0.5, 0.6) is 0 Å². The number of anilines is 2. The zero-order chi connectivity index (χ0) is 19.4. The summed E-state index contributed by atoms with van der Waals surface area (Å²) in [6, 6.07) is 12.8. The molecule has 146 valence electrons. The summed E-state index contributed by atoms with van der Waals surface area (Å²) in [7, 11) is 3.87. The van der Waals surface area contributed by atoms with Crippen LogP contribution in [-0.2, 0) is 21.0 Å². The number of hydrogen-bond donors (Lipinski definition) is 0. The summed E-state index contributed by atoms with van der Waals surface area (Å²) < 4.78 is 1.67. The molecule has 0 N–H and O–H groups in total. The van der Waals surface area contributed by atoms with Crippen LogP contribution in [0, 0.1) is 0 Å². The van der Waals surface area contributed by atoms with Gasteiger partial charge in [-0.1, -0.05) is 23.4 Å². The molecule has 28 heavy (non-hydrogen) atoms. The van der Waals surface area contributed by atoms with Crippen LogP contribution in [0.1, 0.15) is 6.92 Å². The van der Waals surface area contributed by atoms with E-state index in [-0.39, 0.29) is 29.2 Å². The number of nitrogens with zero attached hydrogens (tertiary/aromatic N) is 5. The molecule has 9 heteroatoms. The molecule has 0 saturated heterocycles. The third kappa shape index (κ3) is 4.80. The number of pyridine rings is 1. The Labute approximate surface area is 173 Å². The predicted molar refractivity (Wildman–Crippen MR) is 102 cm³/mol. The normalized spacial score (nSPS) is 14.5. The van der Waals surface area contributed by atoms with Gasteiger partial charge in [0.25, 0.3) is 0 Å². The Bertz CT molecular complexity index is 911. The van der Waals surface area contributed by atoms with Crippen LogP contribution in [0.15, 0.2) is 65.1 Å². The van der Waals surface area contributed by atoms with Crippen LogP contribution in [0.25, 0.3) is 0 Å². The zero-order valence-corrected chi connectivity index (χ0v) is 17.3. The Kier molecular flexibility index (Phi) is 7.00. The van der Waals surface area contributed by atoms with E-state index in [9.17, 15) is 9.59 Å². The molecular formula is C19H20BrN5O3. The molecule has 3 rings (SSSR count). The number of benzene rings is 1. The number of hydrazone groups is 1. The van der Waals surface area contributed by atoms with Gasteiger partial charge in [-0.25, -0.2) is 4.79 Å². The summed E-state index contributed by atoms with van der Waals surface area (Å²) in [4.78, 5) is 31.4. The van der Waals surface area contributed by atoms with Gasteiger partial charge in [-0.2, -0.15) is 14.7 Å². The highest BCUT2D eigenvalue weighted by atomic mass is 79.9. The fraction of sp³-hybridized carbons (Fsp3) is 0.211. The first kappa shape index (κ1) is 21.2. The van der Waals surface area contributed by atoms with Crippen LogP contribution in [-0.4, -0.2) is 37.4 Å². The average Bonchev–Trinajstić information content (AvgIpc) is 2.95. The Morgan fingerprint density at radius 3 is 2.43 bits per heavy atom. The number of carbonyl (C=O) groups is 2. The molecule has 1 aromatic carbocycles. The van der Waals surface area contributed by atoms with Crippen molar-refractivity contribution in [1.82, 2.24) is 0 Å². The summed E-state index contributed by atoms with van der Waals surface area (Å²) >= 11 is 0. The second-order valence-electron chi connectivity index (χ2n) is 6.16. The maximum absolute atomic E-state index is 12.5. The third-order valence-corrected chi connectivity index (χ3v) is 3.93. The highest BCUT2D eigenvalue weighted by Crippen LogP contribution is 2.19. The molecule has 8 nitrogen and oxygen atoms in total. The van der Waals surface area contributed by atoms with Gasteiger partial charge in [-0.3, -0.25) is 4.79 Å². The first-order chi connectivity index (χ1) is 13.0. The fourth-order valence-corrected chi connectivity index (χ4v) is 2.47. The van der Waals surface area contributed by atoms with Crippen LogP contribution in [0.4, 0.5) is 11.4 Å². The number of carbonyl (C=O) groups excluding carboxylic acids is 2. The summed E-state index contributed by atoms with van der Waals surface area (Å²) in [5.74, 6) is -1.02. The van der Waals surface area contributed by atoms with Gasteiger partial charge in [0.1, 0.15) is 0 Å². The van der Waals surface area contributed by atoms with Crippen molar-refractivity contribution in [3.8, 4) is 0 Å². The highest BCUT2D eigenvalue weighted by Gasteiger charge is 2.31. The minimum absolute atomic E-state index is 0. The molecule has 2 heterocycles. The molecule has 0 bridgehead atoms. The Hall–Kier alpha value is -3.07. The van der Waals surface area contributed by atoms with Gasteiger partial charge in [0.2, 0.25) is 6.54 Å². The Balaban J connectivity index is 0.00000280. The minimum atomic E-state index is -0.580. The van der Waals surface area contributed by atoms with Crippen molar-refractivity contribution in [2.24, 2.45) is 10.3 Å². The van der Waals surface area contributed by atoms with Crippen molar-refractivity contribution in [1.29, 1.82) is 0 Å². The van der Waals surface area contributed by atoms with Gasteiger partial charge < -0.3 is 26.7 Å². The zero-order valence-electron chi connectivity index (χ0n) is 15.7. The summed E-state index contributed by atoms with van der Waals surface area (Å²) in [6.07, 6.45) is 3.54. The molecule has 1 aliphatic heterocycles. The fourth-order valence-electron chi connectivity index (χ4n) is 2.47. The van der Waals surface area contributed by atoms with Gasteiger partial charge in [0, 0.05) is 31.9 Å². The molecule has 1 amide bonds. The summed E-state index contributed by atoms with van der Waals surface area (Å²) in [6.45, 7) is 1.62. The first-order valence-electron chi connectivity index (χ1n) is 8.35. The molecule has 0 fully saturated rings. The molecule has 1 aromatic heterocycles. The SMILES string of the molecule is CC1=NN(c2ccccc2)C(=O)C1=NOC(=O)C[n+]1ccc(N(C)C)cc1.[Br-]. The van der Waals surface area contributed by atoms with Crippen molar-refractivity contribution in [2.45, 2.75) is 13.5 Å². The molecular weight excluding hydrogens is 426 g/mol. The lowest BCUT2D eigenvalue weighted by atomic mass is 10.2. The Morgan fingerprint density at radius 1 is 1.18 bits per heavy atom. The van der Waals surface area contributed by atoms with Crippen LogP contribution >= 0.6 is 0 Å². The van der Waals surface area contributed by atoms with E-state index < -0.39 is 11.9 Å². The number of rotatable bonds is 5. The van der Waals surface area contributed by atoms with E-state index in [1.54, 1.807) is 48.1 Å². The Morgan fingerprint density at radius 2 is 1.82 bits per heavy atom.